The van der Waals surface area contributed by atoms with Crippen LogP contribution in [0.2, 0.25) is 0 Å². The maximum atomic E-state index is 13.3. The van der Waals surface area contributed by atoms with Gasteiger partial charge in [-0.2, -0.15) is 0 Å². The van der Waals surface area contributed by atoms with Gasteiger partial charge in [0.2, 0.25) is 0 Å². The van der Waals surface area contributed by atoms with Gasteiger partial charge in [-0.3, -0.25) is 11.3 Å². The van der Waals surface area contributed by atoms with Crippen LogP contribution in [0.25, 0.3) is 0 Å². The van der Waals surface area contributed by atoms with Gasteiger partial charge in [0.15, 0.2) is 11.6 Å². The Morgan fingerprint density at radius 1 is 1.10 bits per heavy atom. The molecule has 0 radical (unpaired) electrons. The van der Waals surface area contributed by atoms with E-state index in [2.05, 4.69) is 12.3 Å². The van der Waals surface area contributed by atoms with Gasteiger partial charge < -0.3 is 0 Å². The lowest BCUT2D eigenvalue weighted by molar-refractivity contribution is 0.502. The molecular formula is C16H18F2N2. The average molecular weight is 276 g/mol. The van der Waals surface area contributed by atoms with Crippen LogP contribution in [0, 0.1) is 11.6 Å². The first-order chi connectivity index (χ1) is 9.65. The molecule has 4 heteroatoms. The average Bonchev–Trinajstić information content (AvgIpc) is 2.48. The highest BCUT2D eigenvalue weighted by Gasteiger charge is 2.14. The second kappa shape index (κ2) is 6.59. The van der Waals surface area contributed by atoms with Crippen molar-refractivity contribution in [1.29, 1.82) is 0 Å². The number of benzene rings is 2. The molecule has 2 rings (SSSR count). The molecule has 0 heterocycles. The van der Waals surface area contributed by atoms with Crippen LogP contribution in [0.1, 0.15) is 29.7 Å². The molecule has 0 saturated carbocycles. The number of aryl methyl sites for hydroxylation is 1. The van der Waals surface area contributed by atoms with Gasteiger partial charge in [-0.1, -0.05) is 37.3 Å². The Morgan fingerprint density at radius 3 is 2.50 bits per heavy atom. The van der Waals surface area contributed by atoms with Crippen LogP contribution in [0.15, 0.2) is 42.5 Å². The van der Waals surface area contributed by atoms with E-state index in [1.807, 2.05) is 24.3 Å². The van der Waals surface area contributed by atoms with E-state index in [1.54, 1.807) is 6.07 Å². The zero-order valence-corrected chi connectivity index (χ0v) is 11.4. The Kier molecular flexibility index (Phi) is 4.82. The molecule has 0 aliphatic heterocycles. The zero-order chi connectivity index (χ0) is 14.5. The van der Waals surface area contributed by atoms with Crippen molar-refractivity contribution in [3.05, 3.63) is 70.8 Å². The quantitative estimate of drug-likeness (QED) is 0.649. The molecule has 0 fully saturated rings. The van der Waals surface area contributed by atoms with Crippen molar-refractivity contribution in [2.24, 2.45) is 5.84 Å². The smallest absolute Gasteiger partial charge is 0.159 e. The van der Waals surface area contributed by atoms with Gasteiger partial charge in [-0.15, -0.1) is 0 Å². The molecule has 2 aromatic rings. The zero-order valence-electron chi connectivity index (χ0n) is 11.4. The molecular weight excluding hydrogens is 258 g/mol. The van der Waals surface area contributed by atoms with Crippen LogP contribution >= 0.6 is 0 Å². The molecule has 1 atom stereocenters. The van der Waals surface area contributed by atoms with Crippen molar-refractivity contribution in [2.45, 2.75) is 25.8 Å². The molecule has 0 bridgehead atoms. The van der Waals surface area contributed by atoms with Crippen LogP contribution in [0.4, 0.5) is 8.78 Å². The van der Waals surface area contributed by atoms with Crippen molar-refractivity contribution >= 4 is 0 Å². The van der Waals surface area contributed by atoms with Gasteiger partial charge in [0, 0.05) is 0 Å². The topological polar surface area (TPSA) is 38.0 Å². The molecule has 2 nitrogen and oxygen atoms in total. The van der Waals surface area contributed by atoms with Gasteiger partial charge >= 0.3 is 0 Å². The van der Waals surface area contributed by atoms with E-state index < -0.39 is 11.6 Å². The first-order valence-corrected chi connectivity index (χ1v) is 6.63. The van der Waals surface area contributed by atoms with Gasteiger partial charge in [-0.25, -0.2) is 8.78 Å². The number of hydrogen-bond donors (Lipinski definition) is 2. The minimum atomic E-state index is -0.833. The third-order valence-corrected chi connectivity index (χ3v) is 3.44. The highest BCUT2D eigenvalue weighted by atomic mass is 19.2. The number of nitrogens with two attached hydrogens (primary N) is 1. The monoisotopic (exact) mass is 276 g/mol. The molecule has 3 N–H and O–H groups in total. The normalized spacial score (nSPS) is 12.4. The lowest BCUT2D eigenvalue weighted by atomic mass is 9.94. The fourth-order valence-corrected chi connectivity index (χ4v) is 2.36. The highest BCUT2D eigenvalue weighted by molar-refractivity contribution is 5.32. The Bertz CT molecular complexity index is 584. The summed E-state index contributed by atoms with van der Waals surface area (Å²) in [6.45, 7) is 2.07. The summed E-state index contributed by atoms with van der Waals surface area (Å²) in [5, 5.41) is 0. The second-order valence-corrected chi connectivity index (χ2v) is 4.72. The lowest BCUT2D eigenvalue weighted by Gasteiger charge is -2.19. The summed E-state index contributed by atoms with van der Waals surface area (Å²) in [7, 11) is 0. The predicted octanol–water partition coefficient (Wildman–Crippen LogP) is 3.27. The molecule has 0 spiro atoms. The number of hydrazine groups is 1. The first kappa shape index (κ1) is 14.6. The van der Waals surface area contributed by atoms with Crippen LogP contribution < -0.4 is 11.3 Å². The van der Waals surface area contributed by atoms with Crippen molar-refractivity contribution in [2.75, 3.05) is 0 Å². The van der Waals surface area contributed by atoms with E-state index in [0.29, 0.717) is 12.0 Å². The third-order valence-electron chi connectivity index (χ3n) is 3.44. The van der Waals surface area contributed by atoms with Gasteiger partial charge in [0.1, 0.15) is 0 Å². The standard InChI is InChI=1S/C16H18F2N2/c1-2-12-5-3-4-6-13(12)16(20-19)10-11-7-8-14(17)15(18)9-11/h3-9,16,20H,2,10,19H2,1H3. The molecule has 0 saturated heterocycles. The SMILES string of the molecule is CCc1ccccc1C(Cc1ccc(F)c(F)c1)NN. The van der Waals surface area contributed by atoms with Crippen molar-refractivity contribution < 1.29 is 8.78 Å². The van der Waals surface area contributed by atoms with Crippen LogP contribution in [0.3, 0.4) is 0 Å². The molecule has 2 aromatic carbocycles. The number of halogens is 2. The van der Waals surface area contributed by atoms with Crippen molar-refractivity contribution in [1.82, 2.24) is 5.43 Å². The van der Waals surface area contributed by atoms with Crippen molar-refractivity contribution in [3.8, 4) is 0 Å². The number of hydrogen-bond acceptors (Lipinski definition) is 2. The van der Waals surface area contributed by atoms with E-state index in [1.165, 1.54) is 11.6 Å². The summed E-state index contributed by atoms with van der Waals surface area (Å²) in [6, 6.07) is 11.8. The van der Waals surface area contributed by atoms with Gasteiger partial charge in [-0.05, 0) is 41.7 Å². The number of rotatable bonds is 5. The molecule has 1 unspecified atom stereocenters. The molecule has 0 aliphatic carbocycles. The summed E-state index contributed by atoms with van der Waals surface area (Å²) in [5.74, 6) is 3.96. The van der Waals surface area contributed by atoms with E-state index in [4.69, 9.17) is 5.84 Å². The van der Waals surface area contributed by atoms with E-state index in [0.717, 1.165) is 18.1 Å². The minimum Gasteiger partial charge on any atom is -0.271 e. The van der Waals surface area contributed by atoms with E-state index in [-0.39, 0.29) is 6.04 Å². The first-order valence-electron chi connectivity index (χ1n) is 6.63. The third kappa shape index (κ3) is 3.21. The maximum Gasteiger partial charge on any atom is 0.159 e. The maximum absolute atomic E-state index is 13.3. The Balaban J connectivity index is 2.26. The van der Waals surface area contributed by atoms with Gasteiger partial charge in [0.25, 0.3) is 0 Å². The molecule has 0 amide bonds. The summed E-state index contributed by atoms with van der Waals surface area (Å²) in [6.07, 6.45) is 1.40. The molecule has 106 valence electrons. The molecule has 20 heavy (non-hydrogen) atoms. The fourth-order valence-electron chi connectivity index (χ4n) is 2.36. The fraction of sp³-hybridized carbons (Fsp3) is 0.250. The summed E-state index contributed by atoms with van der Waals surface area (Å²) in [5.41, 5.74) is 5.74. The predicted molar refractivity (Wildman–Crippen MR) is 75.9 cm³/mol. The highest BCUT2D eigenvalue weighted by Crippen LogP contribution is 2.22. The van der Waals surface area contributed by atoms with Crippen LogP contribution in [-0.4, -0.2) is 0 Å². The summed E-state index contributed by atoms with van der Waals surface area (Å²) < 4.78 is 26.2. The van der Waals surface area contributed by atoms with Crippen molar-refractivity contribution in [3.63, 3.8) is 0 Å². The van der Waals surface area contributed by atoms with Gasteiger partial charge in [0.05, 0.1) is 6.04 Å². The molecule has 0 aromatic heterocycles. The lowest BCUT2D eigenvalue weighted by Crippen LogP contribution is -2.30. The van der Waals surface area contributed by atoms with Crippen LogP contribution in [-0.2, 0) is 12.8 Å². The molecule has 0 aliphatic rings. The largest absolute Gasteiger partial charge is 0.271 e. The van der Waals surface area contributed by atoms with Crippen LogP contribution in [0.5, 0.6) is 0 Å². The Morgan fingerprint density at radius 2 is 1.85 bits per heavy atom. The minimum absolute atomic E-state index is 0.129. The Hall–Kier alpha value is -1.78. The van der Waals surface area contributed by atoms with E-state index in [9.17, 15) is 8.78 Å². The summed E-state index contributed by atoms with van der Waals surface area (Å²) in [4.78, 5) is 0. The number of nitrogens with one attached hydrogen (secondary N) is 1. The van der Waals surface area contributed by atoms with E-state index >= 15 is 0 Å². The Labute approximate surface area is 117 Å². The summed E-state index contributed by atoms with van der Waals surface area (Å²) >= 11 is 0. The second-order valence-electron chi connectivity index (χ2n) is 4.72.